The van der Waals surface area contributed by atoms with E-state index in [2.05, 4.69) is 20.7 Å². The highest BCUT2D eigenvalue weighted by atomic mass is 35.5. The number of nitrogens with one attached hydrogen (secondary N) is 1. The van der Waals surface area contributed by atoms with Gasteiger partial charge in [-0.1, -0.05) is 34.0 Å². The van der Waals surface area contributed by atoms with Crippen LogP contribution in [-0.2, 0) is 0 Å². The molecule has 0 saturated carbocycles. The number of aromatic nitrogens is 3. The van der Waals surface area contributed by atoms with E-state index >= 15 is 0 Å². The third-order valence-electron chi connectivity index (χ3n) is 2.60. The molecule has 0 aliphatic heterocycles. The average molecular weight is 305 g/mol. The molecule has 0 aliphatic rings. The Labute approximate surface area is 123 Å². The summed E-state index contributed by atoms with van der Waals surface area (Å²) < 4.78 is 10.2. The van der Waals surface area contributed by atoms with Gasteiger partial charge < -0.3 is 8.94 Å². The lowest BCUT2D eigenvalue weighted by Gasteiger charge is -1.97. The monoisotopic (exact) mass is 304 g/mol. The molecule has 1 N–H and O–H groups in total. The molecule has 2 aromatic heterocycles. The van der Waals surface area contributed by atoms with Gasteiger partial charge in [0.25, 0.3) is 11.8 Å². The lowest BCUT2D eigenvalue weighted by atomic mass is 10.2. The molecule has 0 aliphatic carbocycles. The van der Waals surface area contributed by atoms with E-state index in [9.17, 15) is 4.79 Å². The van der Waals surface area contributed by atoms with Crippen LogP contribution in [0.5, 0.6) is 0 Å². The quantitative estimate of drug-likeness (QED) is 0.799. The zero-order chi connectivity index (χ0) is 14.8. The summed E-state index contributed by atoms with van der Waals surface area (Å²) in [6, 6.07) is 8.47. The number of halogens is 1. The summed E-state index contributed by atoms with van der Waals surface area (Å²) in [4.78, 5) is 11.8. The van der Waals surface area contributed by atoms with Crippen molar-refractivity contribution in [3.63, 3.8) is 0 Å². The van der Waals surface area contributed by atoms with Crippen molar-refractivity contribution < 1.29 is 13.7 Å². The topological polar surface area (TPSA) is 94.1 Å². The summed E-state index contributed by atoms with van der Waals surface area (Å²) in [6.45, 7) is 1.71. The maximum atomic E-state index is 11.8. The first kappa shape index (κ1) is 13.3. The molecule has 0 fully saturated rings. The van der Waals surface area contributed by atoms with Crippen LogP contribution in [0.25, 0.3) is 11.5 Å². The summed E-state index contributed by atoms with van der Waals surface area (Å²) in [5.74, 6) is -0.250. The summed E-state index contributed by atoms with van der Waals surface area (Å²) >= 11 is 6.03. The lowest BCUT2D eigenvalue weighted by Crippen LogP contribution is -2.11. The van der Waals surface area contributed by atoms with E-state index in [1.54, 1.807) is 31.2 Å². The van der Waals surface area contributed by atoms with Gasteiger partial charge in [0.1, 0.15) is 0 Å². The first-order valence-corrected chi connectivity index (χ1v) is 6.34. The number of nitrogens with zero attached hydrogens (tertiary/aromatic N) is 3. The molecule has 2 heterocycles. The van der Waals surface area contributed by atoms with Gasteiger partial charge in [-0.2, -0.15) is 0 Å². The number of anilines is 1. The Kier molecular flexibility index (Phi) is 3.41. The predicted molar refractivity (Wildman–Crippen MR) is 73.9 cm³/mol. The first-order valence-electron chi connectivity index (χ1n) is 5.96. The van der Waals surface area contributed by atoms with Gasteiger partial charge in [-0.3, -0.25) is 10.1 Å². The Morgan fingerprint density at radius 3 is 2.81 bits per heavy atom. The molecule has 0 atom stereocenters. The second kappa shape index (κ2) is 5.37. The summed E-state index contributed by atoms with van der Waals surface area (Å²) in [6.07, 6.45) is 0. The number of rotatable bonds is 3. The van der Waals surface area contributed by atoms with Crippen LogP contribution in [0.2, 0.25) is 5.02 Å². The number of aryl methyl sites for hydroxylation is 1. The molecule has 0 radical (unpaired) electrons. The van der Waals surface area contributed by atoms with Gasteiger partial charge in [0, 0.05) is 6.07 Å². The molecule has 3 rings (SSSR count). The maximum Gasteiger partial charge on any atom is 0.322 e. The van der Waals surface area contributed by atoms with Crippen molar-refractivity contribution in [1.82, 2.24) is 15.4 Å². The van der Waals surface area contributed by atoms with Crippen LogP contribution in [0.3, 0.4) is 0 Å². The van der Waals surface area contributed by atoms with E-state index in [4.69, 9.17) is 20.5 Å². The van der Waals surface area contributed by atoms with Crippen molar-refractivity contribution in [2.75, 3.05) is 5.32 Å². The van der Waals surface area contributed by atoms with Crippen LogP contribution < -0.4 is 5.32 Å². The molecular weight excluding hydrogens is 296 g/mol. The molecule has 0 unspecified atom stereocenters. The maximum absolute atomic E-state index is 11.8. The molecule has 0 spiro atoms. The van der Waals surface area contributed by atoms with Gasteiger partial charge in [-0.15, -0.1) is 5.10 Å². The molecule has 1 aromatic carbocycles. The minimum absolute atomic E-state index is 0.0519. The van der Waals surface area contributed by atoms with E-state index in [1.807, 2.05) is 0 Å². The zero-order valence-electron chi connectivity index (χ0n) is 10.8. The fourth-order valence-electron chi connectivity index (χ4n) is 1.65. The van der Waals surface area contributed by atoms with Crippen LogP contribution in [-0.4, -0.2) is 21.3 Å². The van der Waals surface area contributed by atoms with Crippen LogP contribution in [0.1, 0.15) is 16.2 Å². The molecule has 8 heteroatoms. The van der Waals surface area contributed by atoms with E-state index in [0.29, 0.717) is 16.3 Å². The summed E-state index contributed by atoms with van der Waals surface area (Å²) in [5, 5.41) is 14.1. The van der Waals surface area contributed by atoms with Crippen molar-refractivity contribution in [2.24, 2.45) is 0 Å². The van der Waals surface area contributed by atoms with Crippen molar-refractivity contribution in [1.29, 1.82) is 0 Å². The van der Waals surface area contributed by atoms with E-state index in [-0.39, 0.29) is 17.7 Å². The number of hydrogen-bond donors (Lipinski definition) is 1. The molecule has 0 bridgehead atoms. The number of hydrogen-bond acceptors (Lipinski definition) is 6. The molecule has 106 valence electrons. The van der Waals surface area contributed by atoms with Gasteiger partial charge >= 0.3 is 6.01 Å². The van der Waals surface area contributed by atoms with E-state index in [1.165, 1.54) is 6.07 Å². The minimum Gasteiger partial charge on any atom is -0.403 e. The summed E-state index contributed by atoms with van der Waals surface area (Å²) in [5.41, 5.74) is 1.19. The fourth-order valence-corrected chi connectivity index (χ4v) is 1.86. The van der Waals surface area contributed by atoms with Crippen LogP contribution in [0, 0.1) is 6.92 Å². The van der Waals surface area contributed by atoms with E-state index in [0.717, 1.165) is 0 Å². The van der Waals surface area contributed by atoms with Gasteiger partial charge in [0.2, 0.25) is 5.76 Å². The Bertz CT molecular complexity index is 796. The van der Waals surface area contributed by atoms with Gasteiger partial charge in [0.05, 0.1) is 16.3 Å². The average Bonchev–Trinajstić information content (AvgIpc) is 3.08. The number of carbonyl (C=O) groups is 1. The fraction of sp³-hybridized carbons (Fsp3) is 0.0769. The predicted octanol–water partition coefficient (Wildman–Crippen LogP) is 2.94. The Balaban J connectivity index is 1.80. The standard InChI is InChI=1S/C13H9ClN4O3/c1-7-6-10(21-18-7)11(19)15-13-17-16-12(20-13)8-4-2-3-5-9(8)14/h2-6H,1H3,(H,15,17,19). The van der Waals surface area contributed by atoms with Crippen molar-refractivity contribution in [2.45, 2.75) is 6.92 Å². The van der Waals surface area contributed by atoms with Gasteiger partial charge in [-0.05, 0) is 19.1 Å². The highest BCUT2D eigenvalue weighted by Gasteiger charge is 2.16. The SMILES string of the molecule is Cc1cc(C(=O)Nc2nnc(-c3ccccc3Cl)o2)on1. The number of benzene rings is 1. The van der Waals surface area contributed by atoms with Crippen LogP contribution in [0.4, 0.5) is 6.01 Å². The normalized spacial score (nSPS) is 10.6. The second-order valence-corrected chi connectivity index (χ2v) is 4.59. The Morgan fingerprint density at radius 2 is 2.10 bits per heavy atom. The van der Waals surface area contributed by atoms with Crippen molar-refractivity contribution in [3.8, 4) is 11.5 Å². The lowest BCUT2D eigenvalue weighted by molar-refractivity contribution is 0.0985. The number of amides is 1. The van der Waals surface area contributed by atoms with Crippen LogP contribution >= 0.6 is 11.6 Å². The molecule has 3 aromatic rings. The molecule has 21 heavy (non-hydrogen) atoms. The van der Waals surface area contributed by atoms with Crippen molar-refractivity contribution in [3.05, 3.63) is 46.8 Å². The zero-order valence-corrected chi connectivity index (χ0v) is 11.6. The first-order chi connectivity index (χ1) is 10.1. The largest absolute Gasteiger partial charge is 0.403 e. The molecule has 1 amide bonds. The van der Waals surface area contributed by atoms with Crippen molar-refractivity contribution >= 4 is 23.5 Å². The Hall–Kier alpha value is -2.67. The second-order valence-electron chi connectivity index (χ2n) is 4.18. The van der Waals surface area contributed by atoms with Gasteiger partial charge in [-0.25, -0.2) is 0 Å². The third-order valence-corrected chi connectivity index (χ3v) is 2.93. The Morgan fingerprint density at radius 1 is 1.29 bits per heavy atom. The number of carbonyl (C=O) groups excluding carboxylic acids is 1. The van der Waals surface area contributed by atoms with E-state index < -0.39 is 5.91 Å². The highest BCUT2D eigenvalue weighted by molar-refractivity contribution is 6.33. The molecule has 0 saturated heterocycles. The molecular formula is C13H9ClN4O3. The molecule has 7 nitrogen and oxygen atoms in total. The smallest absolute Gasteiger partial charge is 0.322 e. The van der Waals surface area contributed by atoms with Gasteiger partial charge in [0.15, 0.2) is 0 Å². The minimum atomic E-state index is -0.523. The third kappa shape index (κ3) is 2.77. The van der Waals surface area contributed by atoms with Crippen LogP contribution in [0.15, 0.2) is 39.3 Å². The summed E-state index contributed by atoms with van der Waals surface area (Å²) in [7, 11) is 0. The highest BCUT2D eigenvalue weighted by Crippen LogP contribution is 2.27.